The minimum absolute atomic E-state index is 0.0650. The molecule has 0 atom stereocenters. The van der Waals surface area contributed by atoms with Crippen LogP contribution in [0.1, 0.15) is 29.1 Å². The van der Waals surface area contributed by atoms with Gasteiger partial charge in [-0.15, -0.1) is 11.3 Å². The van der Waals surface area contributed by atoms with Crippen LogP contribution < -0.4 is 10.5 Å². The number of hydrogen-bond acceptors (Lipinski definition) is 7. The average Bonchev–Trinajstić information content (AvgIpc) is 3.19. The molecule has 0 amide bonds. The maximum absolute atomic E-state index is 12.4. The van der Waals surface area contributed by atoms with Crippen LogP contribution in [-0.2, 0) is 19.4 Å². The largest absolute Gasteiger partial charge is 0.353 e. The van der Waals surface area contributed by atoms with Crippen molar-refractivity contribution in [2.75, 3.05) is 31.1 Å². The van der Waals surface area contributed by atoms with Gasteiger partial charge in [0.25, 0.3) is 5.56 Å². The lowest BCUT2D eigenvalue weighted by Crippen LogP contribution is -2.46. The first-order chi connectivity index (χ1) is 15.3. The summed E-state index contributed by atoms with van der Waals surface area (Å²) in [5, 5.41) is 1.93. The maximum atomic E-state index is 12.4. The number of rotatable bonds is 3. The van der Waals surface area contributed by atoms with E-state index >= 15 is 0 Å². The fourth-order valence-corrected chi connectivity index (χ4v) is 6.08. The summed E-state index contributed by atoms with van der Waals surface area (Å²) < 4.78 is 0. The Bertz CT molecular complexity index is 1320. The molecule has 7 nitrogen and oxygen atoms in total. The molecule has 1 aromatic carbocycles. The number of aromatic amines is 1. The number of H-pyrrole nitrogens is 1. The van der Waals surface area contributed by atoms with Crippen molar-refractivity contribution in [2.45, 2.75) is 32.2 Å². The van der Waals surface area contributed by atoms with E-state index in [-0.39, 0.29) is 5.56 Å². The van der Waals surface area contributed by atoms with Gasteiger partial charge >= 0.3 is 0 Å². The first kappa shape index (κ1) is 18.9. The molecule has 0 unspecified atom stereocenters. The standard InChI is InChI=1S/C23H24N6OS/c30-22-15-5-1-3-7-17(15)26-19(27-22)13-28-9-11-29(12-10-28)21-20-16-6-2-4-8-18(16)31-23(20)25-14-24-21/h1,3,5,7,14H,2,4,6,8-13H2,(H,26,27,30). The average molecular weight is 433 g/mol. The Kier molecular flexibility index (Phi) is 4.69. The molecule has 1 fully saturated rings. The van der Waals surface area contributed by atoms with Crippen molar-refractivity contribution in [3.63, 3.8) is 0 Å². The lowest BCUT2D eigenvalue weighted by Gasteiger charge is -2.35. The van der Waals surface area contributed by atoms with Crippen LogP contribution >= 0.6 is 11.3 Å². The molecule has 1 N–H and O–H groups in total. The SMILES string of the molecule is O=c1[nH]c(CN2CCN(c3ncnc4sc5c(c34)CCCC5)CC2)nc2ccccc12. The van der Waals surface area contributed by atoms with E-state index in [0.717, 1.165) is 54.6 Å². The zero-order valence-electron chi connectivity index (χ0n) is 17.3. The molecule has 1 aliphatic heterocycles. The number of nitrogens with zero attached hydrogens (tertiary/aromatic N) is 5. The van der Waals surface area contributed by atoms with Gasteiger partial charge in [-0.25, -0.2) is 15.0 Å². The van der Waals surface area contributed by atoms with Crippen LogP contribution in [0.4, 0.5) is 5.82 Å². The molecule has 0 bridgehead atoms. The van der Waals surface area contributed by atoms with Gasteiger partial charge in [0.05, 0.1) is 22.8 Å². The van der Waals surface area contributed by atoms with Gasteiger partial charge in [0.2, 0.25) is 0 Å². The third kappa shape index (κ3) is 3.40. The van der Waals surface area contributed by atoms with Crippen molar-refractivity contribution < 1.29 is 0 Å². The molecule has 0 saturated carbocycles. The summed E-state index contributed by atoms with van der Waals surface area (Å²) in [7, 11) is 0. The highest BCUT2D eigenvalue weighted by Crippen LogP contribution is 2.39. The number of nitrogens with one attached hydrogen (secondary N) is 1. The predicted octanol–water partition coefficient (Wildman–Crippen LogP) is 3.13. The highest BCUT2D eigenvalue weighted by Gasteiger charge is 2.25. The third-order valence-electron chi connectivity index (χ3n) is 6.44. The van der Waals surface area contributed by atoms with E-state index in [1.807, 2.05) is 35.6 Å². The van der Waals surface area contributed by atoms with Gasteiger partial charge < -0.3 is 9.88 Å². The molecule has 0 radical (unpaired) electrons. The van der Waals surface area contributed by atoms with E-state index in [0.29, 0.717) is 11.9 Å². The molecule has 0 spiro atoms. The Morgan fingerprint density at radius 1 is 1.03 bits per heavy atom. The van der Waals surface area contributed by atoms with Crippen LogP contribution in [0.2, 0.25) is 0 Å². The number of fused-ring (bicyclic) bond motifs is 4. The second-order valence-corrected chi connectivity index (χ2v) is 9.46. The molecule has 1 saturated heterocycles. The molecule has 158 valence electrons. The van der Waals surface area contributed by atoms with E-state index in [1.54, 1.807) is 6.33 Å². The van der Waals surface area contributed by atoms with E-state index in [2.05, 4.69) is 24.8 Å². The molecular formula is C23H24N6OS. The van der Waals surface area contributed by atoms with Crippen LogP contribution in [0.15, 0.2) is 35.4 Å². The Hall–Kier alpha value is -2.84. The Morgan fingerprint density at radius 3 is 2.77 bits per heavy atom. The number of anilines is 1. The molecule has 6 rings (SSSR count). The highest BCUT2D eigenvalue weighted by atomic mass is 32.1. The molecule has 31 heavy (non-hydrogen) atoms. The number of benzene rings is 1. The lowest BCUT2D eigenvalue weighted by molar-refractivity contribution is 0.244. The second kappa shape index (κ2) is 7.69. The molecule has 3 aromatic heterocycles. The molecule has 2 aliphatic rings. The quantitative estimate of drug-likeness (QED) is 0.536. The monoisotopic (exact) mass is 432 g/mol. The van der Waals surface area contributed by atoms with Gasteiger partial charge in [-0.1, -0.05) is 12.1 Å². The maximum Gasteiger partial charge on any atom is 0.258 e. The zero-order valence-corrected chi connectivity index (χ0v) is 18.1. The van der Waals surface area contributed by atoms with Crippen LogP contribution in [0.3, 0.4) is 0 Å². The second-order valence-electron chi connectivity index (χ2n) is 8.38. The first-order valence-electron chi connectivity index (χ1n) is 11.0. The Labute approximate surface area is 183 Å². The van der Waals surface area contributed by atoms with E-state index in [9.17, 15) is 4.79 Å². The Morgan fingerprint density at radius 2 is 1.87 bits per heavy atom. The summed E-state index contributed by atoms with van der Waals surface area (Å²) in [6.45, 7) is 4.30. The van der Waals surface area contributed by atoms with E-state index in [4.69, 9.17) is 4.98 Å². The third-order valence-corrected chi connectivity index (χ3v) is 7.64. The van der Waals surface area contributed by atoms with Gasteiger partial charge in [0, 0.05) is 31.1 Å². The summed E-state index contributed by atoms with van der Waals surface area (Å²) in [4.78, 5) is 36.7. The lowest BCUT2D eigenvalue weighted by atomic mass is 9.97. The van der Waals surface area contributed by atoms with Gasteiger partial charge in [-0.2, -0.15) is 0 Å². The van der Waals surface area contributed by atoms with Crippen molar-refractivity contribution in [1.82, 2.24) is 24.8 Å². The van der Waals surface area contributed by atoms with Crippen LogP contribution in [0, 0.1) is 0 Å². The summed E-state index contributed by atoms with van der Waals surface area (Å²) in [5.74, 6) is 1.83. The van der Waals surface area contributed by atoms with Crippen molar-refractivity contribution in [3.05, 3.63) is 57.2 Å². The molecule has 1 aliphatic carbocycles. The number of aromatic nitrogens is 4. The van der Waals surface area contributed by atoms with Crippen molar-refractivity contribution in [1.29, 1.82) is 0 Å². The number of aryl methyl sites for hydroxylation is 2. The fourth-order valence-electron chi connectivity index (χ4n) is 4.85. The fraction of sp³-hybridized carbons (Fsp3) is 0.391. The van der Waals surface area contributed by atoms with Gasteiger partial charge in [0.15, 0.2) is 0 Å². The minimum atomic E-state index is -0.0650. The van der Waals surface area contributed by atoms with Crippen molar-refractivity contribution in [3.8, 4) is 0 Å². The normalized spacial score (nSPS) is 17.4. The Balaban J connectivity index is 1.21. The topological polar surface area (TPSA) is 78.0 Å². The summed E-state index contributed by atoms with van der Waals surface area (Å²) in [6.07, 6.45) is 6.59. The molecule has 8 heteroatoms. The number of para-hydroxylation sites is 1. The zero-order chi connectivity index (χ0) is 20.8. The van der Waals surface area contributed by atoms with Crippen LogP contribution in [0.25, 0.3) is 21.1 Å². The number of hydrogen-bond donors (Lipinski definition) is 1. The summed E-state index contributed by atoms with van der Waals surface area (Å²) in [5.41, 5.74) is 2.18. The van der Waals surface area contributed by atoms with Crippen molar-refractivity contribution in [2.24, 2.45) is 0 Å². The summed E-state index contributed by atoms with van der Waals surface area (Å²) >= 11 is 1.85. The van der Waals surface area contributed by atoms with Gasteiger partial charge in [-0.3, -0.25) is 9.69 Å². The van der Waals surface area contributed by atoms with E-state index in [1.165, 1.54) is 35.1 Å². The van der Waals surface area contributed by atoms with Crippen LogP contribution in [0.5, 0.6) is 0 Å². The minimum Gasteiger partial charge on any atom is -0.353 e. The number of piperazine rings is 1. The molecule has 4 heterocycles. The molecular weight excluding hydrogens is 408 g/mol. The van der Waals surface area contributed by atoms with Gasteiger partial charge in [0.1, 0.15) is 22.8 Å². The summed E-state index contributed by atoms with van der Waals surface area (Å²) in [6, 6.07) is 7.50. The van der Waals surface area contributed by atoms with Crippen molar-refractivity contribution >= 4 is 38.3 Å². The first-order valence-corrected chi connectivity index (χ1v) is 11.8. The number of thiophene rings is 1. The highest BCUT2D eigenvalue weighted by molar-refractivity contribution is 7.19. The van der Waals surface area contributed by atoms with Gasteiger partial charge in [-0.05, 0) is 43.4 Å². The smallest absolute Gasteiger partial charge is 0.258 e. The molecule has 4 aromatic rings. The predicted molar refractivity (Wildman–Crippen MR) is 124 cm³/mol. The van der Waals surface area contributed by atoms with Crippen LogP contribution in [-0.4, -0.2) is 51.0 Å². The van der Waals surface area contributed by atoms with E-state index < -0.39 is 0 Å².